The van der Waals surface area contributed by atoms with Gasteiger partial charge in [-0.25, -0.2) is 0 Å². The van der Waals surface area contributed by atoms with Crippen molar-refractivity contribution in [1.82, 2.24) is 15.0 Å². The topological polar surface area (TPSA) is 72.7 Å². The quantitative estimate of drug-likeness (QED) is 0.524. The lowest BCUT2D eigenvalue weighted by molar-refractivity contribution is 0.122. The van der Waals surface area contributed by atoms with E-state index in [1.807, 2.05) is 42.6 Å². The molecule has 0 unspecified atom stereocenters. The van der Waals surface area contributed by atoms with Crippen LogP contribution in [0.1, 0.15) is 22.5 Å². The van der Waals surface area contributed by atoms with Crippen molar-refractivity contribution in [2.24, 2.45) is 4.99 Å². The lowest BCUT2D eigenvalue weighted by atomic mass is 10.1. The number of morpholine rings is 1. The van der Waals surface area contributed by atoms with E-state index in [9.17, 15) is 0 Å². The van der Waals surface area contributed by atoms with Crippen LogP contribution in [0, 0.1) is 6.92 Å². The van der Waals surface area contributed by atoms with E-state index < -0.39 is 0 Å². The summed E-state index contributed by atoms with van der Waals surface area (Å²) >= 11 is 0. The van der Waals surface area contributed by atoms with Gasteiger partial charge < -0.3 is 14.4 Å². The summed E-state index contributed by atoms with van der Waals surface area (Å²) in [6.07, 6.45) is 4.38. The van der Waals surface area contributed by atoms with Gasteiger partial charge in [-0.15, -0.1) is 0 Å². The fraction of sp³-hybridized carbons (Fsp3) is 0.333. The van der Waals surface area contributed by atoms with E-state index in [1.54, 1.807) is 6.20 Å². The molecule has 3 heterocycles. The third-order valence-corrected chi connectivity index (χ3v) is 5.07. The van der Waals surface area contributed by atoms with Crippen molar-refractivity contribution in [1.29, 1.82) is 0 Å². The van der Waals surface area contributed by atoms with Gasteiger partial charge in [-0.05, 0) is 30.2 Å². The molecule has 1 fully saturated rings. The van der Waals surface area contributed by atoms with Crippen molar-refractivity contribution in [3.8, 4) is 6.01 Å². The highest BCUT2D eigenvalue weighted by Crippen LogP contribution is 2.19. The zero-order valence-corrected chi connectivity index (χ0v) is 17.8. The SMILES string of the molecule is Cc1ccccc1C=NCc1cc(N2CCOCC2)nc(OCCc2ccccn2)n1. The Balaban J connectivity index is 1.47. The molecular weight excluding hydrogens is 390 g/mol. The van der Waals surface area contributed by atoms with Crippen LogP contribution >= 0.6 is 0 Å². The van der Waals surface area contributed by atoms with Crippen molar-refractivity contribution < 1.29 is 9.47 Å². The number of hydrogen-bond donors (Lipinski definition) is 0. The van der Waals surface area contributed by atoms with Crippen LogP contribution in [0.25, 0.3) is 0 Å². The van der Waals surface area contributed by atoms with Gasteiger partial charge in [0.2, 0.25) is 0 Å². The van der Waals surface area contributed by atoms with Gasteiger partial charge in [-0.2, -0.15) is 9.97 Å². The highest BCUT2D eigenvalue weighted by molar-refractivity contribution is 5.81. The van der Waals surface area contributed by atoms with Crippen LogP contribution < -0.4 is 9.64 Å². The normalized spacial score (nSPS) is 14.2. The fourth-order valence-electron chi connectivity index (χ4n) is 3.32. The van der Waals surface area contributed by atoms with Crippen LogP contribution in [0.2, 0.25) is 0 Å². The first-order valence-electron chi connectivity index (χ1n) is 10.6. The number of anilines is 1. The monoisotopic (exact) mass is 417 g/mol. The van der Waals surface area contributed by atoms with E-state index in [-0.39, 0.29) is 0 Å². The highest BCUT2D eigenvalue weighted by Gasteiger charge is 2.15. The van der Waals surface area contributed by atoms with E-state index in [0.29, 0.717) is 38.8 Å². The number of aliphatic imine (C=N–C) groups is 1. The molecule has 1 aromatic carbocycles. The summed E-state index contributed by atoms with van der Waals surface area (Å²) < 4.78 is 11.4. The molecule has 0 radical (unpaired) electrons. The molecule has 7 nitrogen and oxygen atoms in total. The largest absolute Gasteiger partial charge is 0.463 e. The second-order valence-corrected chi connectivity index (χ2v) is 7.35. The zero-order valence-electron chi connectivity index (χ0n) is 17.8. The molecule has 7 heteroatoms. The molecule has 3 aromatic rings. The summed E-state index contributed by atoms with van der Waals surface area (Å²) in [5, 5.41) is 0. The van der Waals surface area contributed by atoms with Crippen LogP contribution in [0.5, 0.6) is 6.01 Å². The molecule has 0 atom stereocenters. The van der Waals surface area contributed by atoms with E-state index in [4.69, 9.17) is 9.47 Å². The molecule has 1 aliphatic heterocycles. The summed E-state index contributed by atoms with van der Waals surface area (Å²) in [7, 11) is 0. The zero-order chi connectivity index (χ0) is 21.3. The first-order valence-corrected chi connectivity index (χ1v) is 10.6. The Morgan fingerprint density at radius 3 is 2.71 bits per heavy atom. The average Bonchev–Trinajstić information content (AvgIpc) is 2.82. The number of aryl methyl sites for hydroxylation is 1. The molecular formula is C24H27N5O2. The van der Waals surface area contributed by atoms with Gasteiger partial charge in [0, 0.05) is 43.7 Å². The number of ether oxygens (including phenoxy) is 2. The molecule has 0 amide bonds. The highest BCUT2D eigenvalue weighted by atomic mass is 16.5. The molecule has 2 aromatic heterocycles. The third kappa shape index (κ3) is 6.08. The Morgan fingerprint density at radius 2 is 1.90 bits per heavy atom. The maximum absolute atomic E-state index is 5.89. The predicted octanol–water partition coefficient (Wildman–Crippen LogP) is 3.26. The number of hydrogen-bond acceptors (Lipinski definition) is 7. The Kier molecular flexibility index (Phi) is 7.18. The molecule has 1 aliphatic rings. The maximum Gasteiger partial charge on any atom is 0.318 e. The van der Waals surface area contributed by atoms with Crippen LogP contribution in [-0.4, -0.2) is 54.1 Å². The maximum atomic E-state index is 5.89. The number of nitrogens with zero attached hydrogens (tertiary/aromatic N) is 5. The van der Waals surface area contributed by atoms with Gasteiger partial charge >= 0.3 is 6.01 Å². The standard InChI is InChI=1S/C24H27N5O2/c1-19-6-2-3-7-20(19)17-25-18-22-16-23(29-11-14-30-15-12-29)28-24(27-22)31-13-9-21-8-4-5-10-26-21/h2-8,10,16-17H,9,11-15,18H2,1H3. The van der Waals surface area contributed by atoms with Gasteiger partial charge in [0.25, 0.3) is 0 Å². The van der Waals surface area contributed by atoms with E-state index in [2.05, 4.69) is 43.9 Å². The number of benzene rings is 1. The van der Waals surface area contributed by atoms with Crippen molar-refractivity contribution in [3.63, 3.8) is 0 Å². The van der Waals surface area contributed by atoms with Gasteiger partial charge in [0.15, 0.2) is 0 Å². The van der Waals surface area contributed by atoms with Crippen molar-refractivity contribution in [2.45, 2.75) is 19.9 Å². The molecule has 0 saturated carbocycles. The summed E-state index contributed by atoms with van der Waals surface area (Å²) in [5.41, 5.74) is 4.11. The van der Waals surface area contributed by atoms with Gasteiger partial charge in [-0.3, -0.25) is 9.98 Å². The molecule has 0 spiro atoms. The molecule has 0 aliphatic carbocycles. The molecule has 31 heavy (non-hydrogen) atoms. The Bertz CT molecular complexity index is 1000. The summed E-state index contributed by atoms with van der Waals surface area (Å²) in [5.74, 6) is 0.854. The van der Waals surface area contributed by atoms with Gasteiger partial charge in [-0.1, -0.05) is 30.3 Å². The first kappa shape index (κ1) is 20.9. The minimum absolute atomic E-state index is 0.376. The lowest BCUT2D eigenvalue weighted by Crippen LogP contribution is -2.37. The molecule has 1 saturated heterocycles. The van der Waals surface area contributed by atoms with Gasteiger partial charge in [0.05, 0.1) is 32.1 Å². The van der Waals surface area contributed by atoms with E-state index in [1.165, 1.54) is 5.56 Å². The van der Waals surface area contributed by atoms with Crippen molar-refractivity contribution in [2.75, 3.05) is 37.8 Å². The van der Waals surface area contributed by atoms with Crippen LogP contribution in [-0.2, 0) is 17.7 Å². The van der Waals surface area contributed by atoms with E-state index in [0.717, 1.165) is 35.9 Å². The van der Waals surface area contributed by atoms with Crippen molar-refractivity contribution >= 4 is 12.0 Å². The Labute approximate surface area is 182 Å². The molecule has 0 bridgehead atoms. The average molecular weight is 418 g/mol. The summed E-state index contributed by atoms with van der Waals surface area (Å²) in [4.78, 5) is 20.4. The predicted molar refractivity (Wildman–Crippen MR) is 121 cm³/mol. The second kappa shape index (κ2) is 10.6. The molecule has 160 valence electrons. The van der Waals surface area contributed by atoms with Crippen LogP contribution in [0.3, 0.4) is 0 Å². The van der Waals surface area contributed by atoms with Gasteiger partial charge in [0.1, 0.15) is 5.82 Å². The molecule has 0 N–H and O–H groups in total. The smallest absolute Gasteiger partial charge is 0.318 e. The fourth-order valence-corrected chi connectivity index (χ4v) is 3.32. The third-order valence-electron chi connectivity index (χ3n) is 5.07. The van der Waals surface area contributed by atoms with Crippen molar-refractivity contribution in [3.05, 3.63) is 77.2 Å². The first-order chi connectivity index (χ1) is 15.3. The minimum Gasteiger partial charge on any atom is -0.463 e. The molecule has 4 rings (SSSR count). The number of pyridine rings is 1. The Hall–Kier alpha value is -3.32. The lowest BCUT2D eigenvalue weighted by Gasteiger charge is -2.28. The number of aromatic nitrogens is 3. The summed E-state index contributed by atoms with van der Waals surface area (Å²) in [6, 6.07) is 16.4. The van der Waals surface area contributed by atoms with E-state index >= 15 is 0 Å². The summed E-state index contributed by atoms with van der Waals surface area (Å²) in [6.45, 7) is 6.00. The Morgan fingerprint density at radius 1 is 1.06 bits per heavy atom. The minimum atomic E-state index is 0.376. The second-order valence-electron chi connectivity index (χ2n) is 7.35. The number of rotatable bonds is 8. The van der Waals surface area contributed by atoms with Crippen LogP contribution in [0.15, 0.2) is 59.7 Å². The van der Waals surface area contributed by atoms with Crippen LogP contribution in [0.4, 0.5) is 5.82 Å².